The predicted molar refractivity (Wildman–Crippen MR) is 81.1 cm³/mol. The number of carbonyl (C=O) groups excluding carboxylic acids is 3. The maximum Gasteiger partial charge on any atom is 0.270 e. The topological polar surface area (TPSA) is 88.2 Å². The molecule has 1 aromatic rings. The molecule has 2 rings (SSSR count). The molecule has 1 saturated heterocycles. The van der Waals surface area contributed by atoms with E-state index in [0.29, 0.717) is 18.3 Å². The van der Waals surface area contributed by atoms with Crippen LogP contribution in [-0.4, -0.2) is 28.7 Å². The van der Waals surface area contributed by atoms with Gasteiger partial charge in [-0.15, -0.1) is 0 Å². The molecule has 3 amide bonds. The van der Waals surface area contributed by atoms with Gasteiger partial charge in [0.1, 0.15) is 11.7 Å². The first-order chi connectivity index (χ1) is 10.4. The van der Waals surface area contributed by atoms with E-state index < -0.39 is 17.9 Å². The molecule has 2 atom stereocenters. The lowest BCUT2D eigenvalue weighted by Gasteiger charge is -2.21. The zero-order valence-corrected chi connectivity index (χ0v) is 13.1. The van der Waals surface area contributed by atoms with E-state index >= 15 is 0 Å². The molecule has 2 N–H and O–H groups in total. The van der Waals surface area contributed by atoms with Crippen molar-refractivity contribution >= 4 is 17.7 Å². The van der Waals surface area contributed by atoms with Crippen molar-refractivity contribution < 1.29 is 14.4 Å². The number of carbonyl (C=O) groups is 3. The Bertz CT molecular complexity index is 581. The highest BCUT2D eigenvalue weighted by Gasteiger charge is 2.28. The van der Waals surface area contributed by atoms with Crippen LogP contribution in [-0.2, 0) is 9.59 Å². The standard InChI is InChI=1S/C16H21N3O3/c1-9(2)10(3)11-4-5-12(17-8-11)15(21)18-13-6-7-14(20)19-16(13)22/h4-5,8-10,13H,6-7H2,1-3H3,(H,18,21)(H,19,20,22). The monoisotopic (exact) mass is 303 g/mol. The summed E-state index contributed by atoms with van der Waals surface area (Å²) in [5.41, 5.74) is 1.34. The third-order valence-corrected chi connectivity index (χ3v) is 4.09. The maximum absolute atomic E-state index is 12.1. The second-order valence-corrected chi connectivity index (χ2v) is 5.99. The number of hydrogen-bond acceptors (Lipinski definition) is 4. The van der Waals surface area contributed by atoms with Gasteiger partial charge in [0, 0.05) is 12.6 Å². The van der Waals surface area contributed by atoms with Crippen molar-refractivity contribution in [2.24, 2.45) is 5.92 Å². The molecule has 0 bridgehead atoms. The van der Waals surface area contributed by atoms with E-state index in [1.54, 1.807) is 12.3 Å². The van der Waals surface area contributed by atoms with E-state index in [9.17, 15) is 14.4 Å². The minimum Gasteiger partial charge on any atom is -0.339 e. The highest BCUT2D eigenvalue weighted by Crippen LogP contribution is 2.22. The Morgan fingerprint density at radius 2 is 2.05 bits per heavy atom. The average molecular weight is 303 g/mol. The lowest BCUT2D eigenvalue weighted by atomic mass is 9.91. The number of pyridine rings is 1. The Balaban J connectivity index is 2.01. The first-order valence-electron chi connectivity index (χ1n) is 7.49. The van der Waals surface area contributed by atoms with E-state index in [-0.39, 0.29) is 18.0 Å². The largest absolute Gasteiger partial charge is 0.339 e. The number of rotatable bonds is 4. The summed E-state index contributed by atoms with van der Waals surface area (Å²) in [7, 11) is 0. The molecule has 0 spiro atoms. The van der Waals surface area contributed by atoms with Crippen LogP contribution in [0.25, 0.3) is 0 Å². The van der Waals surface area contributed by atoms with Crippen molar-refractivity contribution in [3.05, 3.63) is 29.6 Å². The van der Waals surface area contributed by atoms with Gasteiger partial charge in [0.15, 0.2) is 0 Å². The van der Waals surface area contributed by atoms with E-state index in [0.717, 1.165) is 5.56 Å². The van der Waals surface area contributed by atoms with Crippen molar-refractivity contribution in [3.63, 3.8) is 0 Å². The van der Waals surface area contributed by atoms with E-state index in [2.05, 4.69) is 36.4 Å². The highest BCUT2D eigenvalue weighted by atomic mass is 16.2. The Morgan fingerprint density at radius 1 is 1.32 bits per heavy atom. The molecule has 1 aliphatic rings. The fraction of sp³-hybridized carbons (Fsp3) is 0.500. The van der Waals surface area contributed by atoms with Gasteiger partial charge in [-0.1, -0.05) is 26.8 Å². The number of piperidine rings is 1. The van der Waals surface area contributed by atoms with Crippen LogP contribution in [0.15, 0.2) is 18.3 Å². The highest BCUT2D eigenvalue weighted by molar-refractivity contribution is 6.03. The van der Waals surface area contributed by atoms with E-state index in [4.69, 9.17) is 0 Å². The molecule has 118 valence electrons. The van der Waals surface area contributed by atoms with Crippen LogP contribution in [0, 0.1) is 5.92 Å². The summed E-state index contributed by atoms with van der Waals surface area (Å²) >= 11 is 0. The molecule has 6 nitrogen and oxygen atoms in total. The Labute approximate surface area is 129 Å². The molecule has 1 aliphatic heterocycles. The number of hydrogen-bond donors (Lipinski definition) is 2. The molecule has 2 heterocycles. The van der Waals surface area contributed by atoms with Gasteiger partial charge in [0.05, 0.1) is 0 Å². The van der Waals surface area contributed by atoms with Crippen molar-refractivity contribution in [1.29, 1.82) is 0 Å². The van der Waals surface area contributed by atoms with Gasteiger partial charge >= 0.3 is 0 Å². The summed E-state index contributed by atoms with van der Waals surface area (Å²) in [6.07, 6.45) is 2.25. The van der Waals surface area contributed by atoms with Crippen LogP contribution in [0.3, 0.4) is 0 Å². The van der Waals surface area contributed by atoms with Gasteiger partial charge < -0.3 is 5.32 Å². The Kier molecular flexibility index (Phi) is 4.90. The summed E-state index contributed by atoms with van der Waals surface area (Å²) in [4.78, 5) is 39.0. The molecule has 1 aromatic heterocycles. The Hall–Kier alpha value is -2.24. The zero-order valence-electron chi connectivity index (χ0n) is 13.1. The number of amides is 3. The molecule has 0 radical (unpaired) electrons. The van der Waals surface area contributed by atoms with Crippen LogP contribution in [0.4, 0.5) is 0 Å². The fourth-order valence-electron chi connectivity index (χ4n) is 2.26. The SMILES string of the molecule is CC(C)C(C)c1ccc(C(=O)NC2CCC(=O)NC2=O)nc1. The number of nitrogens with zero attached hydrogens (tertiary/aromatic N) is 1. The normalized spacial score (nSPS) is 19.7. The van der Waals surface area contributed by atoms with Crippen LogP contribution >= 0.6 is 0 Å². The first kappa shape index (κ1) is 16.1. The van der Waals surface area contributed by atoms with Crippen LogP contribution in [0.5, 0.6) is 0 Å². The molecular weight excluding hydrogens is 282 g/mol. The lowest BCUT2D eigenvalue weighted by Crippen LogP contribution is -2.52. The smallest absolute Gasteiger partial charge is 0.270 e. The van der Waals surface area contributed by atoms with Crippen LogP contribution < -0.4 is 10.6 Å². The van der Waals surface area contributed by atoms with Gasteiger partial charge in [0.25, 0.3) is 5.91 Å². The third kappa shape index (κ3) is 3.69. The Morgan fingerprint density at radius 3 is 2.59 bits per heavy atom. The molecule has 0 aliphatic carbocycles. The van der Waals surface area contributed by atoms with Crippen molar-refractivity contribution in [2.45, 2.75) is 45.6 Å². The van der Waals surface area contributed by atoms with Crippen LogP contribution in [0.1, 0.15) is 55.6 Å². The molecule has 6 heteroatoms. The van der Waals surface area contributed by atoms with E-state index in [1.165, 1.54) is 0 Å². The summed E-state index contributed by atoms with van der Waals surface area (Å²) in [6, 6.07) is 2.87. The molecule has 1 fully saturated rings. The molecule has 22 heavy (non-hydrogen) atoms. The minimum absolute atomic E-state index is 0.231. The summed E-state index contributed by atoms with van der Waals surface area (Å²) in [6.45, 7) is 6.38. The first-order valence-corrected chi connectivity index (χ1v) is 7.49. The van der Waals surface area contributed by atoms with Gasteiger partial charge in [-0.3, -0.25) is 24.7 Å². The second-order valence-electron chi connectivity index (χ2n) is 5.99. The van der Waals surface area contributed by atoms with E-state index in [1.807, 2.05) is 6.07 Å². The van der Waals surface area contributed by atoms with Crippen molar-refractivity contribution in [3.8, 4) is 0 Å². The lowest BCUT2D eigenvalue weighted by molar-refractivity contribution is -0.134. The van der Waals surface area contributed by atoms with Crippen molar-refractivity contribution in [2.75, 3.05) is 0 Å². The fourth-order valence-corrected chi connectivity index (χ4v) is 2.26. The van der Waals surface area contributed by atoms with Gasteiger partial charge in [-0.05, 0) is 29.9 Å². The number of nitrogens with one attached hydrogen (secondary N) is 2. The summed E-state index contributed by atoms with van der Waals surface area (Å²) in [5, 5.41) is 4.82. The third-order valence-electron chi connectivity index (χ3n) is 4.09. The van der Waals surface area contributed by atoms with Crippen molar-refractivity contribution in [1.82, 2.24) is 15.6 Å². The minimum atomic E-state index is -0.679. The number of aromatic nitrogens is 1. The summed E-state index contributed by atoms with van der Waals surface area (Å²) < 4.78 is 0. The zero-order chi connectivity index (χ0) is 16.3. The van der Waals surface area contributed by atoms with Gasteiger partial charge in [-0.2, -0.15) is 0 Å². The van der Waals surface area contributed by atoms with Gasteiger partial charge in [0.2, 0.25) is 11.8 Å². The van der Waals surface area contributed by atoms with Crippen LogP contribution in [0.2, 0.25) is 0 Å². The average Bonchev–Trinajstić information content (AvgIpc) is 2.49. The molecular formula is C16H21N3O3. The molecule has 0 saturated carbocycles. The number of imide groups is 1. The predicted octanol–water partition coefficient (Wildman–Crippen LogP) is 1.38. The molecule has 0 aromatic carbocycles. The maximum atomic E-state index is 12.1. The molecule has 2 unspecified atom stereocenters. The summed E-state index contributed by atoms with van der Waals surface area (Å²) in [5.74, 6) is -0.321. The second kappa shape index (κ2) is 6.68. The quantitative estimate of drug-likeness (QED) is 0.822. The van der Waals surface area contributed by atoms with Gasteiger partial charge in [-0.25, -0.2) is 0 Å².